The van der Waals surface area contributed by atoms with Gasteiger partial charge in [0.25, 0.3) is 0 Å². The lowest BCUT2D eigenvalue weighted by Crippen LogP contribution is -2.31. The summed E-state index contributed by atoms with van der Waals surface area (Å²) < 4.78 is 54.3. The molecule has 0 aromatic heterocycles. The Morgan fingerprint density at radius 2 is 2.00 bits per heavy atom. The number of rotatable bonds is 2. The van der Waals surface area contributed by atoms with Gasteiger partial charge in [0.1, 0.15) is 17.6 Å². The van der Waals surface area contributed by atoms with Gasteiger partial charge in [-0.1, -0.05) is 0 Å². The lowest BCUT2D eigenvalue weighted by molar-refractivity contribution is -0.189. The fraction of sp³-hybridized carbons (Fsp3) is 0.300. The number of halogens is 5. The summed E-state index contributed by atoms with van der Waals surface area (Å²) in [5.41, 5.74) is -0.290. The smallest absolute Gasteiger partial charge is 0.425 e. The van der Waals surface area contributed by atoms with E-state index in [0.29, 0.717) is 0 Å². The first kappa shape index (κ1) is 13.8. The molecule has 0 bridgehead atoms. The zero-order valence-electron chi connectivity index (χ0n) is 8.48. The van der Waals surface area contributed by atoms with Crippen molar-refractivity contribution in [3.63, 3.8) is 0 Å². The van der Waals surface area contributed by atoms with Gasteiger partial charge >= 0.3 is 6.18 Å². The molecule has 0 heterocycles. The van der Waals surface area contributed by atoms with E-state index < -0.39 is 18.1 Å². The fourth-order valence-electron chi connectivity index (χ4n) is 0.971. The molecule has 0 N–H and O–H groups in total. The molecule has 0 saturated heterocycles. The molecule has 0 aliphatic rings. The monoisotopic (exact) mass is 311 g/mol. The second-order valence-corrected chi connectivity index (χ2v) is 4.03. The van der Waals surface area contributed by atoms with E-state index in [1.807, 2.05) is 0 Å². The molecule has 1 atom stereocenters. The van der Waals surface area contributed by atoms with E-state index in [2.05, 4.69) is 20.7 Å². The Kier molecular flexibility index (Phi) is 3.98. The van der Waals surface area contributed by atoms with Gasteiger partial charge in [0.2, 0.25) is 0 Å². The lowest BCUT2D eigenvalue weighted by atomic mass is 10.2. The second kappa shape index (κ2) is 4.92. The Bertz CT molecular complexity index is 467. The predicted octanol–water partition coefficient (Wildman–Crippen LogP) is 3.79. The van der Waals surface area contributed by atoms with Crippen molar-refractivity contribution in [2.75, 3.05) is 0 Å². The molecule has 92 valence electrons. The van der Waals surface area contributed by atoms with Crippen LogP contribution in [0.3, 0.4) is 0 Å². The van der Waals surface area contributed by atoms with Gasteiger partial charge in [-0.25, -0.2) is 4.39 Å². The molecule has 0 spiro atoms. The van der Waals surface area contributed by atoms with E-state index in [1.165, 1.54) is 0 Å². The molecule has 0 radical (unpaired) electrons. The molecular weight excluding hydrogens is 306 g/mol. The van der Waals surface area contributed by atoms with Gasteiger partial charge in [-0.15, -0.1) is 0 Å². The van der Waals surface area contributed by atoms with Crippen molar-refractivity contribution in [2.45, 2.75) is 19.2 Å². The average molecular weight is 312 g/mol. The summed E-state index contributed by atoms with van der Waals surface area (Å²) in [6, 6.07) is 3.37. The van der Waals surface area contributed by atoms with Crippen molar-refractivity contribution in [3.05, 3.63) is 28.0 Å². The number of hydrogen-bond acceptors (Lipinski definition) is 2. The minimum Gasteiger partial charge on any atom is -0.480 e. The maximum Gasteiger partial charge on any atom is 0.425 e. The maximum atomic E-state index is 13.0. The minimum atomic E-state index is -4.55. The minimum absolute atomic E-state index is 0.0686. The van der Waals surface area contributed by atoms with Gasteiger partial charge in [0.05, 0.1) is 10.0 Å². The van der Waals surface area contributed by atoms with Crippen molar-refractivity contribution in [2.24, 2.45) is 0 Å². The van der Waals surface area contributed by atoms with Crippen LogP contribution in [0.15, 0.2) is 16.6 Å². The number of nitrogens with zero attached hydrogens (tertiary/aromatic N) is 1. The summed E-state index contributed by atoms with van der Waals surface area (Å²) in [7, 11) is 0. The van der Waals surface area contributed by atoms with E-state index >= 15 is 0 Å². The van der Waals surface area contributed by atoms with Crippen molar-refractivity contribution < 1.29 is 22.3 Å². The van der Waals surface area contributed by atoms with Crippen molar-refractivity contribution in [1.29, 1.82) is 5.26 Å². The van der Waals surface area contributed by atoms with Crippen LogP contribution in [0.25, 0.3) is 0 Å². The molecule has 0 fully saturated rings. The fourth-order valence-corrected chi connectivity index (χ4v) is 1.29. The summed E-state index contributed by atoms with van der Waals surface area (Å²) in [6.07, 6.45) is -6.62. The Balaban J connectivity index is 3.07. The standard InChI is InChI=1S/C10H6BrF4NO/c1-5(10(13,14)15)17-9-3-7(11)8(12)2-6(9)4-16/h2-3,5H,1H3. The van der Waals surface area contributed by atoms with Crippen LogP contribution in [0.5, 0.6) is 5.75 Å². The van der Waals surface area contributed by atoms with Crippen LogP contribution in [0.4, 0.5) is 17.6 Å². The van der Waals surface area contributed by atoms with Crippen LogP contribution in [0.2, 0.25) is 0 Å². The van der Waals surface area contributed by atoms with E-state index in [0.717, 1.165) is 19.1 Å². The maximum absolute atomic E-state index is 13.0. The van der Waals surface area contributed by atoms with Crippen molar-refractivity contribution in [1.82, 2.24) is 0 Å². The van der Waals surface area contributed by atoms with Crippen LogP contribution >= 0.6 is 15.9 Å². The first-order valence-electron chi connectivity index (χ1n) is 4.38. The summed E-state index contributed by atoms with van der Waals surface area (Å²) >= 11 is 2.80. The highest BCUT2D eigenvalue weighted by atomic mass is 79.9. The molecule has 0 saturated carbocycles. The molecule has 0 amide bonds. The summed E-state index contributed by atoms with van der Waals surface area (Å²) in [6.45, 7) is 0.804. The average Bonchev–Trinajstić information content (AvgIpc) is 2.21. The quantitative estimate of drug-likeness (QED) is 0.779. The summed E-state index contributed by atoms with van der Waals surface area (Å²) in [5.74, 6) is -1.06. The molecular formula is C10H6BrF4NO. The Morgan fingerprint density at radius 3 is 2.47 bits per heavy atom. The van der Waals surface area contributed by atoms with Gasteiger partial charge in [0, 0.05) is 0 Å². The van der Waals surface area contributed by atoms with Gasteiger partial charge in [0.15, 0.2) is 6.10 Å². The van der Waals surface area contributed by atoms with Crippen LogP contribution in [-0.4, -0.2) is 12.3 Å². The van der Waals surface area contributed by atoms with Crippen LogP contribution in [0, 0.1) is 17.1 Å². The zero-order valence-corrected chi connectivity index (χ0v) is 10.1. The number of nitriles is 1. The first-order valence-corrected chi connectivity index (χ1v) is 5.17. The number of hydrogen-bond donors (Lipinski definition) is 0. The van der Waals surface area contributed by atoms with E-state index in [-0.39, 0.29) is 15.8 Å². The van der Waals surface area contributed by atoms with Crippen LogP contribution in [0.1, 0.15) is 12.5 Å². The Hall–Kier alpha value is -1.29. The van der Waals surface area contributed by atoms with E-state index in [4.69, 9.17) is 5.26 Å². The number of ether oxygens (including phenoxy) is 1. The number of benzene rings is 1. The molecule has 0 aliphatic heterocycles. The lowest BCUT2D eigenvalue weighted by Gasteiger charge is -2.18. The normalized spacial score (nSPS) is 13.0. The summed E-state index contributed by atoms with van der Waals surface area (Å²) in [5, 5.41) is 8.66. The zero-order chi connectivity index (χ0) is 13.2. The first-order chi connectivity index (χ1) is 7.75. The molecule has 1 unspecified atom stereocenters. The van der Waals surface area contributed by atoms with Gasteiger partial charge in [-0.05, 0) is 35.0 Å². The van der Waals surface area contributed by atoms with Crippen LogP contribution < -0.4 is 4.74 Å². The molecule has 2 nitrogen and oxygen atoms in total. The third-order valence-electron chi connectivity index (χ3n) is 1.91. The predicted molar refractivity (Wildman–Crippen MR) is 55.0 cm³/mol. The van der Waals surface area contributed by atoms with E-state index in [1.54, 1.807) is 6.07 Å². The Labute approximate surface area is 103 Å². The SMILES string of the molecule is CC(Oc1cc(Br)c(F)cc1C#N)C(F)(F)F. The second-order valence-electron chi connectivity index (χ2n) is 3.18. The third kappa shape index (κ3) is 3.33. The molecule has 1 aromatic rings. The van der Waals surface area contributed by atoms with E-state index in [9.17, 15) is 17.6 Å². The van der Waals surface area contributed by atoms with Gasteiger partial charge in [-0.3, -0.25) is 0 Å². The Morgan fingerprint density at radius 1 is 1.41 bits per heavy atom. The van der Waals surface area contributed by atoms with Crippen molar-refractivity contribution >= 4 is 15.9 Å². The highest BCUT2D eigenvalue weighted by Crippen LogP contribution is 2.30. The molecule has 1 rings (SSSR count). The summed E-state index contributed by atoms with van der Waals surface area (Å²) in [4.78, 5) is 0. The molecule has 17 heavy (non-hydrogen) atoms. The highest BCUT2D eigenvalue weighted by molar-refractivity contribution is 9.10. The molecule has 7 heteroatoms. The molecule has 0 aliphatic carbocycles. The van der Waals surface area contributed by atoms with Crippen LogP contribution in [-0.2, 0) is 0 Å². The largest absolute Gasteiger partial charge is 0.480 e. The molecule has 1 aromatic carbocycles. The topological polar surface area (TPSA) is 33.0 Å². The van der Waals surface area contributed by atoms with Gasteiger partial charge in [-0.2, -0.15) is 18.4 Å². The van der Waals surface area contributed by atoms with Crippen molar-refractivity contribution in [3.8, 4) is 11.8 Å². The third-order valence-corrected chi connectivity index (χ3v) is 2.52. The number of alkyl halides is 3. The highest BCUT2D eigenvalue weighted by Gasteiger charge is 2.38. The van der Waals surface area contributed by atoms with Gasteiger partial charge < -0.3 is 4.74 Å².